The van der Waals surface area contributed by atoms with E-state index in [1.807, 2.05) is 6.92 Å². The highest BCUT2D eigenvalue weighted by Crippen LogP contribution is 2.34. The molecule has 4 N–H and O–H groups in total. The largest absolute Gasteiger partial charge is 0.477 e. The van der Waals surface area contributed by atoms with Crippen LogP contribution in [-0.2, 0) is 19.6 Å². The van der Waals surface area contributed by atoms with Crippen LogP contribution in [0.25, 0.3) is 11.1 Å². The van der Waals surface area contributed by atoms with Gasteiger partial charge in [-0.05, 0) is 42.4 Å². The molecule has 7 heteroatoms. The lowest BCUT2D eigenvalue weighted by Crippen LogP contribution is -2.18. The standard InChI is InChI=1S/C24H30N4O3/c1-14-6-8-16(9-7-14)22-17(12-25)20(11-24(3,4)5)26-15(2)18(22)13-31-21-10-19(23(29)30)27-28-21/h6-10H,11-13,25H2,1-5H3,(H,27,28)(H,29,30). The maximum Gasteiger partial charge on any atom is 0.354 e. The minimum atomic E-state index is -1.09. The van der Waals surface area contributed by atoms with Crippen molar-refractivity contribution in [3.63, 3.8) is 0 Å². The molecule has 0 saturated carbocycles. The summed E-state index contributed by atoms with van der Waals surface area (Å²) in [6.45, 7) is 11.1. The van der Waals surface area contributed by atoms with Crippen molar-refractivity contribution in [1.29, 1.82) is 0 Å². The summed E-state index contributed by atoms with van der Waals surface area (Å²) in [6.07, 6.45) is 0.807. The molecule has 0 aliphatic heterocycles. The van der Waals surface area contributed by atoms with Crippen molar-refractivity contribution in [3.05, 3.63) is 64.1 Å². The third-order valence-corrected chi connectivity index (χ3v) is 5.08. The summed E-state index contributed by atoms with van der Waals surface area (Å²) in [5, 5.41) is 15.5. The molecular formula is C24H30N4O3. The van der Waals surface area contributed by atoms with Crippen LogP contribution in [0.1, 0.15) is 59.3 Å². The quantitative estimate of drug-likeness (QED) is 0.519. The second-order valence-electron chi connectivity index (χ2n) is 9.00. The number of hydrogen-bond donors (Lipinski definition) is 3. The summed E-state index contributed by atoms with van der Waals surface area (Å²) < 4.78 is 5.84. The van der Waals surface area contributed by atoms with E-state index in [2.05, 4.69) is 62.2 Å². The maximum absolute atomic E-state index is 11.1. The van der Waals surface area contributed by atoms with Crippen molar-refractivity contribution < 1.29 is 14.6 Å². The fraction of sp³-hybridized carbons (Fsp3) is 0.375. The van der Waals surface area contributed by atoms with Crippen LogP contribution in [0.4, 0.5) is 0 Å². The van der Waals surface area contributed by atoms with E-state index >= 15 is 0 Å². The molecule has 0 unspecified atom stereocenters. The van der Waals surface area contributed by atoms with E-state index in [1.54, 1.807) is 0 Å². The van der Waals surface area contributed by atoms with E-state index < -0.39 is 5.97 Å². The van der Waals surface area contributed by atoms with Crippen LogP contribution in [0.2, 0.25) is 0 Å². The molecule has 0 atom stereocenters. The minimum absolute atomic E-state index is 0.0215. The Kier molecular flexibility index (Phi) is 6.45. The smallest absolute Gasteiger partial charge is 0.354 e. The summed E-state index contributed by atoms with van der Waals surface area (Å²) in [7, 11) is 0. The molecule has 2 aromatic heterocycles. The molecule has 0 amide bonds. The number of nitrogens with zero attached hydrogens (tertiary/aromatic N) is 2. The summed E-state index contributed by atoms with van der Waals surface area (Å²) in [6, 6.07) is 9.70. The van der Waals surface area contributed by atoms with Crippen LogP contribution in [-0.4, -0.2) is 26.3 Å². The number of nitrogens with one attached hydrogen (secondary N) is 1. The summed E-state index contributed by atoms with van der Waals surface area (Å²) in [5.74, 6) is -0.864. The van der Waals surface area contributed by atoms with E-state index in [1.165, 1.54) is 11.6 Å². The number of nitrogens with two attached hydrogens (primary N) is 1. The Morgan fingerprint density at radius 1 is 1.16 bits per heavy atom. The van der Waals surface area contributed by atoms with Gasteiger partial charge in [0.05, 0.1) is 0 Å². The van der Waals surface area contributed by atoms with Crippen molar-refractivity contribution >= 4 is 5.97 Å². The lowest BCUT2D eigenvalue weighted by molar-refractivity contribution is 0.0690. The molecule has 0 radical (unpaired) electrons. The van der Waals surface area contributed by atoms with Gasteiger partial charge in [-0.25, -0.2) is 4.79 Å². The number of aromatic nitrogens is 3. The Morgan fingerprint density at radius 3 is 2.39 bits per heavy atom. The van der Waals surface area contributed by atoms with Crippen molar-refractivity contribution in [3.8, 4) is 17.0 Å². The van der Waals surface area contributed by atoms with Gasteiger partial charge < -0.3 is 15.6 Å². The van der Waals surface area contributed by atoms with E-state index in [-0.39, 0.29) is 23.6 Å². The number of carboxylic acid groups (broad SMARTS) is 1. The fourth-order valence-corrected chi connectivity index (χ4v) is 3.59. The molecule has 0 fully saturated rings. The van der Waals surface area contributed by atoms with Gasteiger partial charge >= 0.3 is 5.97 Å². The summed E-state index contributed by atoms with van der Waals surface area (Å²) in [5.41, 5.74) is 13.3. The van der Waals surface area contributed by atoms with Crippen LogP contribution in [0, 0.1) is 19.3 Å². The van der Waals surface area contributed by atoms with E-state index in [0.717, 1.165) is 40.1 Å². The molecule has 3 aromatic rings. The van der Waals surface area contributed by atoms with Crippen molar-refractivity contribution in [2.24, 2.45) is 11.1 Å². The van der Waals surface area contributed by atoms with Crippen molar-refractivity contribution in [2.45, 2.75) is 54.2 Å². The highest BCUT2D eigenvalue weighted by Gasteiger charge is 2.22. The number of carbonyl (C=O) groups is 1. The van der Waals surface area contributed by atoms with Gasteiger partial charge in [-0.1, -0.05) is 50.6 Å². The number of hydrogen-bond acceptors (Lipinski definition) is 5. The minimum Gasteiger partial charge on any atom is -0.477 e. The Balaban J connectivity index is 2.09. The van der Waals surface area contributed by atoms with Crippen LogP contribution in [0.15, 0.2) is 30.3 Å². The molecule has 0 aliphatic rings. The highest BCUT2D eigenvalue weighted by molar-refractivity contribution is 5.85. The Labute approximate surface area is 182 Å². The lowest BCUT2D eigenvalue weighted by Gasteiger charge is -2.24. The summed E-state index contributed by atoms with van der Waals surface area (Å²) >= 11 is 0. The molecule has 7 nitrogen and oxygen atoms in total. The first-order valence-corrected chi connectivity index (χ1v) is 10.3. The lowest BCUT2D eigenvalue weighted by atomic mass is 9.85. The number of ether oxygens (including phenoxy) is 1. The Morgan fingerprint density at radius 2 is 1.84 bits per heavy atom. The molecule has 3 rings (SSSR count). The first-order valence-electron chi connectivity index (χ1n) is 10.3. The van der Waals surface area contributed by atoms with Crippen LogP contribution in [0.3, 0.4) is 0 Å². The van der Waals surface area contributed by atoms with Gasteiger partial charge in [0.25, 0.3) is 0 Å². The summed E-state index contributed by atoms with van der Waals surface area (Å²) in [4.78, 5) is 16.0. The van der Waals surface area contributed by atoms with Crippen LogP contribution in [0.5, 0.6) is 5.88 Å². The molecule has 2 heterocycles. The topological polar surface area (TPSA) is 114 Å². The average molecular weight is 423 g/mol. The van der Waals surface area contributed by atoms with E-state index in [4.69, 9.17) is 20.6 Å². The number of pyridine rings is 1. The first kappa shape index (κ1) is 22.5. The maximum atomic E-state index is 11.1. The van der Waals surface area contributed by atoms with Crippen molar-refractivity contribution in [1.82, 2.24) is 15.2 Å². The molecule has 0 saturated heterocycles. The van der Waals surface area contributed by atoms with Crippen molar-refractivity contribution in [2.75, 3.05) is 0 Å². The second kappa shape index (κ2) is 8.89. The van der Waals surface area contributed by atoms with Gasteiger partial charge in [0.1, 0.15) is 12.3 Å². The second-order valence-corrected chi connectivity index (χ2v) is 9.00. The Hall–Kier alpha value is -3.19. The zero-order valence-corrected chi connectivity index (χ0v) is 18.7. The molecule has 164 valence electrons. The number of aryl methyl sites for hydroxylation is 2. The SMILES string of the molecule is Cc1ccc(-c2c(COc3cc(C(=O)O)[nH]n3)c(C)nc(CC(C)(C)C)c2CN)cc1. The van der Waals surface area contributed by atoms with Crippen LogP contribution >= 0.6 is 0 Å². The highest BCUT2D eigenvalue weighted by atomic mass is 16.5. The number of aromatic carboxylic acids is 1. The number of carboxylic acids is 1. The predicted molar refractivity (Wildman–Crippen MR) is 120 cm³/mol. The zero-order chi connectivity index (χ0) is 22.8. The number of aromatic amines is 1. The molecule has 1 aromatic carbocycles. The average Bonchev–Trinajstić information content (AvgIpc) is 3.16. The Bertz CT molecular complexity index is 1080. The van der Waals surface area contributed by atoms with Gasteiger partial charge in [-0.15, -0.1) is 5.10 Å². The molecule has 0 spiro atoms. The van der Waals surface area contributed by atoms with Gasteiger partial charge in [-0.3, -0.25) is 10.1 Å². The van der Waals surface area contributed by atoms with Gasteiger partial charge in [0, 0.05) is 29.6 Å². The molecule has 0 bridgehead atoms. The van der Waals surface area contributed by atoms with Gasteiger partial charge in [0.15, 0.2) is 0 Å². The number of benzene rings is 1. The van der Waals surface area contributed by atoms with Gasteiger partial charge in [0.2, 0.25) is 5.88 Å². The van der Waals surface area contributed by atoms with Gasteiger partial charge in [-0.2, -0.15) is 0 Å². The molecular weight excluding hydrogens is 392 g/mol. The number of H-pyrrole nitrogens is 1. The third kappa shape index (κ3) is 5.30. The fourth-order valence-electron chi connectivity index (χ4n) is 3.59. The van der Waals surface area contributed by atoms with E-state index in [9.17, 15) is 4.79 Å². The molecule has 31 heavy (non-hydrogen) atoms. The van der Waals surface area contributed by atoms with Crippen LogP contribution < -0.4 is 10.5 Å². The number of rotatable bonds is 7. The monoisotopic (exact) mass is 422 g/mol. The third-order valence-electron chi connectivity index (χ3n) is 5.08. The van der Waals surface area contributed by atoms with E-state index in [0.29, 0.717) is 6.54 Å². The molecule has 0 aliphatic carbocycles. The normalized spacial score (nSPS) is 11.5. The zero-order valence-electron chi connectivity index (χ0n) is 18.7. The first-order chi connectivity index (χ1) is 14.6. The predicted octanol–water partition coefficient (Wildman–Crippen LogP) is 4.41.